The van der Waals surface area contributed by atoms with E-state index in [2.05, 4.69) is 32.9 Å². The van der Waals surface area contributed by atoms with Crippen molar-refractivity contribution >= 4 is 5.97 Å². The van der Waals surface area contributed by atoms with Gasteiger partial charge in [0.1, 0.15) is 0 Å². The molecule has 0 aromatic carbocycles. The van der Waals surface area contributed by atoms with Gasteiger partial charge in [-0.2, -0.15) is 0 Å². The Kier molecular flexibility index (Phi) is 4.98. The summed E-state index contributed by atoms with van der Waals surface area (Å²) >= 11 is 0. The summed E-state index contributed by atoms with van der Waals surface area (Å²) in [7, 11) is 0. The van der Waals surface area contributed by atoms with Gasteiger partial charge in [-0.15, -0.1) is 0 Å². The molecule has 0 spiro atoms. The number of carbonyl (C=O) groups is 1. The van der Waals surface area contributed by atoms with Crippen LogP contribution in [0.3, 0.4) is 0 Å². The highest BCUT2D eigenvalue weighted by Gasteiger charge is 2.58. The highest BCUT2D eigenvalue weighted by molar-refractivity contribution is 5.66. The number of aliphatic carboxylic acids is 1. The Labute approximate surface area is 164 Å². The molecule has 152 valence electrons. The molecule has 0 unspecified atom stereocenters. The number of rotatable bonds is 4. The second-order valence-electron chi connectivity index (χ2n) is 10.8. The van der Waals surface area contributed by atoms with Gasteiger partial charge in [0, 0.05) is 6.42 Å². The van der Waals surface area contributed by atoms with E-state index in [1.165, 1.54) is 32.1 Å². The average Bonchev–Trinajstić information content (AvgIpc) is 2.97. The molecule has 4 aliphatic carbocycles. The van der Waals surface area contributed by atoms with Crippen LogP contribution < -0.4 is 0 Å². The van der Waals surface area contributed by atoms with E-state index in [0.717, 1.165) is 31.1 Å². The Hall–Kier alpha value is -0.830. The van der Waals surface area contributed by atoms with E-state index in [0.29, 0.717) is 35.5 Å². The molecule has 2 N–H and O–H groups in total. The number of allylic oxidation sites excluding steroid dienone is 2. The molecule has 9 atom stereocenters. The number of carboxylic acids is 1. The fourth-order valence-electron chi connectivity index (χ4n) is 8.10. The minimum absolute atomic E-state index is 0.0802. The molecule has 0 bridgehead atoms. The van der Waals surface area contributed by atoms with Gasteiger partial charge >= 0.3 is 5.97 Å². The molecule has 0 amide bonds. The molecule has 3 heteroatoms. The minimum atomic E-state index is -0.661. The van der Waals surface area contributed by atoms with E-state index in [1.54, 1.807) is 0 Å². The molecule has 3 nitrogen and oxygen atoms in total. The zero-order chi connectivity index (χ0) is 19.4. The molecule has 0 saturated heterocycles. The zero-order valence-corrected chi connectivity index (χ0v) is 17.4. The number of hydrogen-bond acceptors (Lipinski definition) is 2. The van der Waals surface area contributed by atoms with Crippen LogP contribution in [0.25, 0.3) is 0 Å². The minimum Gasteiger partial charge on any atom is -0.481 e. The Morgan fingerprint density at radius 3 is 2.70 bits per heavy atom. The summed E-state index contributed by atoms with van der Waals surface area (Å²) in [5, 5.41) is 19.3. The molecular weight excluding hydrogens is 336 g/mol. The third-order valence-electron chi connectivity index (χ3n) is 9.64. The van der Waals surface area contributed by atoms with Crippen molar-refractivity contribution in [2.45, 2.75) is 84.7 Å². The maximum Gasteiger partial charge on any atom is 0.303 e. The molecule has 4 rings (SSSR count). The van der Waals surface area contributed by atoms with Gasteiger partial charge in [-0.05, 0) is 97.7 Å². The van der Waals surface area contributed by atoms with Crippen LogP contribution in [0.15, 0.2) is 12.2 Å². The maximum atomic E-state index is 11.0. The number of aliphatic hydroxyl groups is 1. The highest BCUT2D eigenvalue weighted by Crippen LogP contribution is 2.66. The fraction of sp³-hybridized carbons (Fsp3) is 0.875. The zero-order valence-electron chi connectivity index (χ0n) is 17.4. The first kappa shape index (κ1) is 19.5. The van der Waals surface area contributed by atoms with Gasteiger partial charge in [0.25, 0.3) is 0 Å². The van der Waals surface area contributed by atoms with Crippen LogP contribution in [0.2, 0.25) is 0 Å². The largest absolute Gasteiger partial charge is 0.481 e. The van der Waals surface area contributed by atoms with Gasteiger partial charge in [0.05, 0.1) is 6.10 Å². The molecule has 3 saturated carbocycles. The first-order valence-electron chi connectivity index (χ1n) is 11.3. The van der Waals surface area contributed by atoms with Crippen molar-refractivity contribution in [3.63, 3.8) is 0 Å². The van der Waals surface area contributed by atoms with Crippen LogP contribution in [0.5, 0.6) is 0 Å². The average molecular weight is 375 g/mol. The van der Waals surface area contributed by atoms with E-state index < -0.39 is 5.97 Å². The van der Waals surface area contributed by atoms with Gasteiger partial charge in [-0.1, -0.05) is 32.9 Å². The summed E-state index contributed by atoms with van der Waals surface area (Å²) in [6.45, 7) is 7.26. The van der Waals surface area contributed by atoms with Gasteiger partial charge in [-0.25, -0.2) is 0 Å². The van der Waals surface area contributed by atoms with Crippen LogP contribution in [0, 0.1) is 46.3 Å². The maximum absolute atomic E-state index is 11.0. The van der Waals surface area contributed by atoms with E-state index in [9.17, 15) is 9.90 Å². The second-order valence-corrected chi connectivity index (χ2v) is 10.8. The monoisotopic (exact) mass is 374 g/mol. The smallest absolute Gasteiger partial charge is 0.303 e. The number of fused-ring (bicyclic) bond motifs is 5. The highest BCUT2D eigenvalue weighted by atomic mass is 16.4. The summed E-state index contributed by atoms with van der Waals surface area (Å²) in [5.74, 6) is 3.35. The Balaban J connectivity index is 1.56. The number of aliphatic hydroxyl groups excluding tert-OH is 1. The normalized spacial score (nSPS) is 49.8. The Morgan fingerprint density at radius 1 is 1.19 bits per heavy atom. The molecular formula is C24H38O3. The standard InChI is InChI=1S/C24H38O3/c1-15(4-9-22(26)27)19-7-8-20-18-6-5-16-14-17(25)10-12-23(16,2)21(18)11-13-24(19,20)3/h11,13,15-21,25H,4-10,12,14H2,1-3H3,(H,26,27)/t15-,16+,17-,18+,19+,20-,21+,23+,24-/m1/s1. The summed E-state index contributed by atoms with van der Waals surface area (Å²) in [4.78, 5) is 11.0. The van der Waals surface area contributed by atoms with E-state index in [-0.39, 0.29) is 11.5 Å². The number of hydrogen-bond donors (Lipinski definition) is 2. The first-order valence-corrected chi connectivity index (χ1v) is 11.3. The molecule has 3 fully saturated rings. The van der Waals surface area contributed by atoms with Crippen molar-refractivity contribution in [3.05, 3.63) is 12.2 Å². The van der Waals surface area contributed by atoms with Crippen LogP contribution >= 0.6 is 0 Å². The third kappa shape index (κ3) is 3.09. The molecule has 27 heavy (non-hydrogen) atoms. The predicted octanol–water partition coefficient (Wildman–Crippen LogP) is 5.28. The van der Waals surface area contributed by atoms with Crippen molar-refractivity contribution in [2.24, 2.45) is 46.3 Å². The molecule has 0 heterocycles. The summed E-state index contributed by atoms with van der Waals surface area (Å²) in [5.41, 5.74) is 0.615. The molecule has 0 aromatic heterocycles. The van der Waals surface area contributed by atoms with E-state index in [4.69, 9.17) is 5.11 Å². The fourth-order valence-corrected chi connectivity index (χ4v) is 8.10. The topological polar surface area (TPSA) is 57.5 Å². The van der Waals surface area contributed by atoms with Crippen LogP contribution in [-0.4, -0.2) is 22.3 Å². The predicted molar refractivity (Wildman–Crippen MR) is 107 cm³/mol. The lowest BCUT2D eigenvalue weighted by Crippen LogP contribution is -2.52. The Morgan fingerprint density at radius 2 is 1.96 bits per heavy atom. The van der Waals surface area contributed by atoms with Crippen molar-refractivity contribution < 1.29 is 15.0 Å². The lowest BCUT2D eigenvalue weighted by molar-refractivity contribution is -0.137. The second kappa shape index (κ2) is 6.90. The molecule has 0 radical (unpaired) electrons. The van der Waals surface area contributed by atoms with Gasteiger partial charge < -0.3 is 10.2 Å². The third-order valence-corrected chi connectivity index (χ3v) is 9.64. The van der Waals surface area contributed by atoms with Gasteiger partial charge in [0.15, 0.2) is 0 Å². The van der Waals surface area contributed by atoms with Crippen LogP contribution in [0.1, 0.15) is 78.6 Å². The van der Waals surface area contributed by atoms with E-state index in [1.807, 2.05) is 0 Å². The van der Waals surface area contributed by atoms with E-state index >= 15 is 0 Å². The SMILES string of the molecule is C[C@H](CCC(=O)O)[C@@H]1CC[C@@H]2[C@@H]3CC[C@H]4C[C@H](O)CC[C@]4(C)[C@H]3C=C[C@@]21C. The summed E-state index contributed by atoms with van der Waals surface area (Å²) in [6.07, 6.45) is 14.5. The van der Waals surface area contributed by atoms with Crippen LogP contribution in [0.4, 0.5) is 0 Å². The lowest BCUT2D eigenvalue weighted by Gasteiger charge is -2.58. The van der Waals surface area contributed by atoms with Crippen LogP contribution in [-0.2, 0) is 4.79 Å². The molecule has 4 aliphatic rings. The van der Waals surface area contributed by atoms with Crippen molar-refractivity contribution in [1.82, 2.24) is 0 Å². The van der Waals surface area contributed by atoms with Crippen molar-refractivity contribution in [1.29, 1.82) is 0 Å². The molecule has 0 aromatic rings. The van der Waals surface area contributed by atoms with Gasteiger partial charge in [0.2, 0.25) is 0 Å². The lowest BCUT2D eigenvalue weighted by atomic mass is 9.46. The summed E-state index contributed by atoms with van der Waals surface area (Å²) in [6, 6.07) is 0. The first-order chi connectivity index (χ1) is 12.8. The van der Waals surface area contributed by atoms with Crippen molar-refractivity contribution in [3.8, 4) is 0 Å². The van der Waals surface area contributed by atoms with Gasteiger partial charge in [-0.3, -0.25) is 4.79 Å². The quantitative estimate of drug-likeness (QED) is 0.658. The Bertz CT molecular complexity index is 613. The number of carboxylic acid groups (broad SMARTS) is 1. The van der Waals surface area contributed by atoms with Crippen molar-refractivity contribution in [2.75, 3.05) is 0 Å². The summed E-state index contributed by atoms with van der Waals surface area (Å²) < 4.78 is 0. The molecule has 0 aliphatic heterocycles.